The molecule has 3 nitrogen and oxygen atoms in total. The van der Waals surface area contributed by atoms with Crippen molar-refractivity contribution in [2.75, 3.05) is 13.6 Å². The summed E-state index contributed by atoms with van der Waals surface area (Å²) in [5.74, 6) is 0.301. The van der Waals surface area contributed by atoms with Gasteiger partial charge in [-0.05, 0) is 6.42 Å². The number of unbranched alkanes of at least 4 members (excludes halogenated alkanes) is 6. The zero-order chi connectivity index (χ0) is 14.7. The molecular formula is C15H30N2OS. The number of amides is 1. The number of nitrogens with two attached hydrogens (primary N) is 1. The average molecular weight is 286 g/mol. The molecule has 0 heterocycles. The Labute approximate surface area is 123 Å². The Bertz CT molecular complexity index is 269. The van der Waals surface area contributed by atoms with Gasteiger partial charge in [0, 0.05) is 25.9 Å². The lowest BCUT2D eigenvalue weighted by Gasteiger charge is -2.20. The maximum atomic E-state index is 11.9. The third-order valence-corrected chi connectivity index (χ3v) is 3.86. The van der Waals surface area contributed by atoms with E-state index < -0.39 is 0 Å². The first-order valence-corrected chi connectivity index (χ1v) is 7.93. The van der Waals surface area contributed by atoms with Gasteiger partial charge in [-0.25, -0.2) is 0 Å². The van der Waals surface area contributed by atoms with Gasteiger partial charge in [-0.2, -0.15) is 0 Å². The van der Waals surface area contributed by atoms with Gasteiger partial charge in [-0.1, -0.05) is 64.6 Å². The van der Waals surface area contributed by atoms with Crippen LogP contribution in [0.15, 0.2) is 0 Å². The highest BCUT2D eigenvalue weighted by molar-refractivity contribution is 7.80. The van der Waals surface area contributed by atoms with Crippen molar-refractivity contribution in [3.63, 3.8) is 0 Å². The van der Waals surface area contributed by atoms with Crippen LogP contribution in [0, 0.1) is 5.92 Å². The van der Waals surface area contributed by atoms with Gasteiger partial charge in [-0.15, -0.1) is 0 Å². The van der Waals surface area contributed by atoms with Crippen molar-refractivity contribution in [1.82, 2.24) is 4.90 Å². The molecule has 0 rings (SSSR count). The molecule has 4 heteroatoms. The molecule has 0 saturated carbocycles. The highest BCUT2D eigenvalue weighted by Crippen LogP contribution is 2.09. The first kappa shape index (κ1) is 18.4. The lowest BCUT2D eigenvalue weighted by Crippen LogP contribution is -2.35. The highest BCUT2D eigenvalue weighted by atomic mass is 32.1. The van der Waals surface area contributed by atoms with Crippen molar-refractivity contribution in [2.24, 2.45) is 11.7 Å². The second-order valence-corrected chi connectivity index (χ2v) is 5.92. The van der Waals surface area contributed by atoms with Crippen LogP contribution in [0.2, 0.25) is 0 Å². The van der Waals surface area contributed by atoms with E-state index in [-0.39, 0.29) is 11.8 Å². The summed E-state index contributed by atoms with van der Waals surface area (Å²) >= 11 is 4.92. The fourth-order valence-corrected chi connectivity index (χ4v) is 2.10. The first-order valence-electron chi connectivity index (χ1n) is 7.52. The number of rotatable bonds is 11. The summed E-state index contributed by atoms with van der Waals surface area (Å²) in [5.41, 5.74) is 5.56. The van der Waals surface area contributed by atoms with E-state index in [1.54, 1.807) is 4.90 Å². The number of thiocarbonyl (C=S) groups is 1. The normalized spacial score (nSPS) is 12.2. The SMILES string of the molecule is CCCCCCCCCC(=O)N(C)CC(C)C(N)=S. The van der Waals surface area contributed by atoms with Crippen molar-refractivity contribution in [1.29, 1.82) is 0 Å². The van der Waals surface area contributed by atoms with Crippen LogP contribution in [0.3, 0.4) is 0 Å². The Morgan fingerprint density at radius 2 is 1.68 bits per heavy atom. The van der Waals surface area contributed by atoms with Crippen LogP contribution in [0.25, 0.3) is 0 Å². The molecule has 0 saturated heterocycles. The topological polar surface area (TPSA) is 46.3 Å². The lowest BCUT2D eigenvalue weighted by molar-refractivity contribution is -0.130. The monoisotopic (exact) mass is 286 g/mol. The number of nitrogens with zero attached hydrogens (tertiary/aromatic N) is 1. The Morgan fingerprint density at radius 1 is 1.16 bits per heavy atom. The largest absolute Gasteiger partial charge is 0.393 e. The molecule has 0 aliphatic carbocycles. The van der Waals surface area contributed by atoms with Crippen molar-refractivity contribution < 1.29 is 4.79 Å². The quantitative estimate of drug-likeness (QED) is 0.467. The second-order valence-electron chi connectivity index (χ2n) is 5.45. The van der Waals surface area contributed by atoms with Crippen LogP contribution >= 0.6 is 12.2 Å². The predicted octanol–water partition coefficient (Wildman–Crippen LogP) is 3.51. The van der Waals surface area contributed by atoms with Gasteiger partial charge in [-0.3, -0.25) is 4.79 Å². The van der Waals surface area contributed by atoms with Crippen LogP contribution < -0.4 is 5.73 Å². The molecule has 0 fully saturated rings. The molecule has 19 heavy (non-hydrogen) atoms. The van der Waals surface area contributed by atoms with Gasteiger partial charge < -0.3 is 10.6 Å². The molecule has 1 unspecified atom stereocenters. The highest BCUT2D eigenvalue weighted by Gasteiger charge is 2.13. The van der Waals surface area contributed by atoms with Crippen LogP contribution in [0.1, 0.15) is 65.2 Å². The molecule has 0 aromatic carbocycles. The van der Waals surface area contributed by atoms with Crippen LogP contribution in [0.5, 0.6) is 0 Å². The Balaban J connectivity index is 3.60. The third-order valence-electron chi connectivity index (χ3n) is 3.45. The van der Waals surface area contributed by atoms with Crippen LogP contribution in [-0.4, -0.2) is 29.4 Å². The zero-order valence-electron chi connectivity index (χ0n) is 12.8. The van der Waals surface area contributed by atoms with E-state index in [0.29, 0.717) is 18.0 Å². The summed E-state index contributed by atoms with van der Waals surface area (Å²) in [5, 5.41) is 0. The summed E-state index contributed by atoms with van der Waals surface area (Å²) in [6.07, 6.45) is 9.30. The molecule has 112 valence electrons. The van der Waals surface area contributed by atoms with Crippen molar-refractivity contribution in [3.8, 4) is 0 Å². The summed E-state index contributed by atoms with van der Waals surface area (Å²) in [4.78, 5) is 14.1. The zero-order valence-corrected chi connectivity index (χ0v) is 13.6. The van der Waals surface area contributed by atoms with E-state index in [9.17, 15) is 4.79 Å². The van der Waals surface area contributed by atoms with E-state index in [1.165, 1.54) is 32.1 Å². The van der Waals surface area contributed by atoms with Crippen LogP contribution in [-0.2, 0) is 4.79 Å². The number of hydrogen-bond donors (Lipinski definition) is 1. The maximum absolute atomic E-state index is 11.9. The molecule has 0 aromatic heterocycles. The minimum atomic E-state index is 0.0954. The van der Waals surface area contributed by atoms with Gasteiger partial charge in [0.25, 0.3) is 0 Å². The number of hydrogen-bond acceptors (Lipinski definition) is 2. The van der Waals surface area contributed by atoms with Crippen molar-refractivity contribution in [2.45, 2.75) is 65.2 Å². The van der Waals surface area contributed by atoms with Gasteiger partial charge in [0.2, 0.25) is 5.91 Å². The van der Waals surface area contributed by atoms with Gasteiger partial charge >= 0.3 is 0 Å². The average Bonchev–Trinajstić information content (AvgIpc) is 2.37. The fourth-order valence-electron chi connectivity index (χ4n) is 2.03. The molecule has 0 bridgehead atoms. The molecule has 1 amide bonds. The van der Waals surface area contributed by atoms with E-state index in [4.69, 9.17) is 18.0 Å². The minimum absolute atomic E-state index is 0.0954. The molecule has 0 aliphatic rings. The maximum Gasteiger partial charge on any atom is 0.222 e. The number of carbonyl (C=O) groups excluding carboxylic acids is 1. The van der Waals surface area contributed by atoms with E-state index >= 15 is 0 Å². The van der Waals surface area contributed by atoms with Gasteiger partial charge in [0.1, 0.15) is 0 Å². The Hall–Kier alpha value is -0.640. The molecule has 0 radical (unpaired) electrons. The van der Waals surface area contributed by atoms with Gasteiger partial charge in [0.05, 0.1) is 4.99 Å². The van der Waals surface area contributed by atoms with E-state index in [2.05, 4.69) is 6.92 Å². The Kier molecular flexibility index (Phi) is 10.8. The molecular weight excluding hydrogens is 256 g/mol. The lowest BCUT2D eigenvalue weighted by atomic mass is 10.1. The summed E-state index contributed by atoms with van der Waals surface area (Å²) in [6.45, 7) is 4.81. The smallest absolute Gasteiger partial charge is 0.222 e. The standard InChI is InChI=1S/C15H30N2OS/c1-4-5-6-7-8-9-10-11-14(18)17(3)12-13(2)15(16)19/h13H,4-12H2,1-3H3,(H2,16,19). The van der Waals surface area contributed by atoms with E-state index in [1.807, 2.05) is 14.0 Å². The molecule has 0 aromatic rings. The summed E-state index contributed by atoms with van der Waals surface area (Å²) in [6, 6.07) is 0. The van der Waals surface area contributed by atoms with Crippen molar-refractivity contribution in [3.05, 3.63) is 0 Å². The molecule has 0 aliphatic heterocycles. The summed E-state index contributed by atoms with van der Waals surface area (Å²) in [7, 11) is 1.83. The third kappa shape index (κ3) is 9.88. The van der Waals surface area contributed by atoms with Crippen LogP contribution in [0.4, 0.5) is 0 Å². The molecule has 1 atom stereocenters. The first-order chi connectivity index (χ1) is 8.99. The number of carbonyl (C=O) groups is 1. The van der Waals surface area contributed by atoms with E-state index in [0.717, 1.165) is 12.8 Å². The molecule has 0 spiro atoms. The second kappa shape index (κ2) is 11.2. The fraction of sp³-hybridized carbons (Fsp3) is 0.867. The van der Waals surface area contributed by atoms with Gasteiger partial charge in [0.15, 0.2) is 0 Å². The Morgan fingerprint density at radius 3 is 2.21 bits per heavy atom. The predicted molar refractivity (Wildman–Crippen MR) is 86.2 cm³/mol. The molecule has 2 N–H and O–H groups in total. The summed E-state index contributed by atoms with van der Waals surface area (Å²) < 4.78 is 0. The minimum Gasteiger partial charge on any atom is -0.393 e. The van der Waals surface area contributed by atoms with Crippen molar-refractivity contribution >= 4 is 23.1 Å².